The standard InChI is InChI=1S/C17H26N2O2/c1-4-7-17(8-10-18-11-9-17)16(20)19-15-6-5-14(21-3)12-13(15)2/h5-6,12,18H,4,7-11H2,1-3H3,(H,19,20). The van der Waals surface area contributed by atoms with E-state index in [1.165, 1.54) is 0 Å². The van der Waals surface area contributed by atoms with Crippen molar-refractivity contribution in [3.8, 4) is 5.75 Å². The molecule has 116 valence electrons. The van der Waals surface area contributed by atoms with Crippen LogP contribution in [0.2, 0.25) is 0 Å². The van der Waals surface area contributed by atoms with Crippen molar-refractivity contribution in [2.24, 2.45) is 5.41 Å². The van der Waals surface area contributed by atoms with Crippen LogP contribution < -0.4 is 15.4 Å². The van der Waals surface area contributed by atoms with Crippen LogP contribution in [0.15, 0.2) is 18.2 Å². The number of carbonyl (C=O) groups is 1. The summed E-state index contributed by atoms with van der Waals surface area (Å²) in [6.07, 6.45) is 3.83. The fourth-order valence-electron chi connectivity index (χ4n) is 3.13. The number of hydrogen-bond donors (Lipinski definition) is 2. The second-order valence-corrected chi connectivity index (χ2v) is 5.92. The van der Waals surface area contributed by atoms with E-state index < -0.39 is 0 Å². The number of methoxy groups -OCH3 is 1. The highest BCUT2D eigenvalue weighted by Gasteiger charge is 2.38. The van der Waals surface area contributed by atoms with Crippen molar-refractivity contribution in [3.05, 3.63) is 23.8 Å². The molecule has 1 aliphatic rings. The zero-order valence-corrected chi connectivity index (χ0v) is 13.3. The van der Waals surface area contributed by atoms with Crippen LogP contribution in [0.25, 0.3) is 0 Å². The van der Waals surface area contributed by atoms with E-state index in [-0.39, 0.29) is 11.3 Å². The van der Waals surface area contributed by atoms with Gasteiger partial charge in [-0.2, -0.15) is 0 Å². The Morgan fingerprint density at radius 1 is 1.38 bits per heavy atom. The lowest BCUT2D eigenvalue weighted by atomic mass is 9.74. The van der Waals surface area contributed by atoms with E-state index in [0.29, 0.717) is 0 Å². The molecule has 2 rings (SSSR count). The molecule has 21 heavy (non-hydrogen) atoms. The van der Waals surface area contributed by atoms with Gasteiger partial charge in [-0.25, -0.2) is 0 Å². The van der Waals surface area contributed by atoms with Crippen LogP contribution in [-0.2, 0) is 4.79 Å². The van der Waals surface area contributed by atoms with Gasteiger partial charge in [0.2, 0.25) is 5.91 Å². The molecule has 0 spiro atoms. The van der Waals surface area contributed by atoms with Gasteiger partial charge in [0, 0.05) is 5.69 Å². The molecular formula is C17H26N2O2. The maximum absolute atomic E-state index is 12.8. The Labute approximate surface area is 127 Å². The van der Waals surface area contributed by atoms with Crippen molar-refractivity contribution < 1.29 is 9.53 Å². The lowest BCUT2D eigenvalue weighted by molar-refractivity contribution is -0.127. The second kappa shape index (κ2) is 6.94. The minimum Gasteiger partial charge on any atom is -0.497 e. The van der Waals surface area contributed by atoms with Gasteiger partial charge >= 0.3 is 0 Å². The van der Waals surface area contributed by atoms with Crippen LogP contribution in [0, 0.1) is 12.3 Å². The number of aryl methyl sites for hydroxylation is 1. The first-order valence-electron chi connectivity index (χ1n) is 7.78. The highest BCUT2D eigenvalue weighted by molar-refractivity contribution is 5.96. The summed E-state index contributed by atoms with van der Waals surface area (Å²) in [7, 11) is 1.65. The van der Waals surface area contributed by atoms with Crippen molar-refractivity contribution in [2.45, 2.75) is 39.5 Å². The molecule has 2 N–H and O–H groups in total. The highest BCUT2D eigenvalue weighted by Crippen LogP contribution is 2.36. The van der Waals surface area contributed by atoms with Crippen molar-refractivity contribution >= 4 is 11.6 Å². The number of amides is 1. The molecule has 1 heterocycles. The molecule has 1 saturated heterocycles. The predicted octanol–water partition coefficient (Wildman–Crippen LogP) is 3.11. The van der Waals surface area contributed by atoms with E-state index in [1.54, 1.807) is 7.11 Å². The molecule has 1 aliphatic heterocycles. The average molecular weight is 290 g/mol. The maximum atomic E-state index is 12.8. The number of ether oxygens (including phenoxy) is 1. The molecule has 0 radical (unpaired) electrons. The topological polar surface area (TPSA) is 50.4 Å². The van der Waals surface area contributed by atoms with Crippen molar-refractivity contribution in [3.63, 3.8) is 0 Å². The molecule has 0 bridgehead atoms. The molecule has 0 aromatic heterocycles. The summed E-state index contributed by atoms with van der Waals surface area (Å²) in [4.78, 5) is 12.8. The van der Waals surface area contributed by atoms with Gasteiger partial charge in [0.1, 0.15) is 5.75 Å². The SMILES string of the molecule is CCCC1(C(=O)Nc2ccc(OC)cc2C)CCNCC1. The summed E-state index contributed by atoms with van der Waals surface area (Å²) in [6, 6.07) is 5.76. The molecule has 0 aliphatic carbocycles. The van der Waals surface area contributed by atoms with Gasteiger partial charge in [-0.3, -0.25) is 4.79 Å². The molecule has 1 aromatic rings. The third-order valence-corrected chi connectivity index (χ3v) is 4.45. The Bertz CT molecular complexity index is 488. The largest absolute Gasteiger partial charge is 0.497 e. The number of nitrogens with one attached hydrogen (secondary N) is 2. The van der Waals surface area contributed by atoms with Crippen LogP contribution in [0.5, 0.6) is 5.75 Å². The lowest BCUT2D eigenvalue weighted by Gasteiger charge is -2.36. The predicted molar refractivity (Wildman–Crippen MR) is 85.8 cm³/mol. The van der Waals surface area contributed by atoms with Gasteiger partial charge in [0.25, 0.3) is 0 Å². The summed E-state index contributed by atoms with van der Waals surface area (Å²) in [5.74, 6) is 0.981. The van der Waals surface area contributed by atoms with E-state index in [9.17, 15) is 4.79 Å². The number of rotatable bonds is 5. The number of carbonyl (C=O) groups excluding carboxylic acids is 1. The third-order valence-electron chi connectivity index (χ3n) is 4.45. The van der Waals surface area contributed by atoms with Crippen molar-refractivity contribution in [2.75, 3.05) is 25.5 Å². The Kier molecular flexibility index (Phi) is 5.23. The number of hydrogen-bond acceptors (Lipinski definition) is 3. The van der Waals surface area contributed by atoms with E-state index in [2.05, 4.69) is 17.6 Å². The van der Waals surface area contributed by atoms with Crippen LogP contribution in [0.3, 0.4) is 0 Å². The minimum atomic E-state index is -0.216. The molecule has 1 fully saturated rings. The fourth-order valence-corrected chi connectivity index (χ4v) is 3.13. The van der Waals surface area contributed by atoms with Crippen LogP contribution in [0.4, 0.5) is 5.69 Å². The van der Waals surface area contributed by atoms with Gasteiger partial charge < -0.3 is 15.4 Å². The molecule has 1 amide bonds. The Balaban J connectivity index is 2.15. The van der Waals surface area contributed by atoms with Gasteiger partial charge in [0.05, 0.1) is 12.5 Å². The van der Waals surface area contributed by atoms with E-state index in [0.717, 1.165) is 55.8 Å². The monoisotopic (exact) mass is 290 g/mol. The van der Waals surface area contributed by atoms with Crippen molar-refractivity contribution in [1.29, 1.82) is 0 Å². The summed E-state index contributed by atoms with van der Waals surface area (Å²) in [5.41, 5.74) is 1.70. The first-order chi connectivity index (χ1) is 10.1. The molecule has 0 saturated carbocycles. The normalized spacial score (nSPS) is 17.3. The van der Waals surface area contributed by atoms with Gasteiger partial charge in [-0.1, -0.05) is 13.3 Å². The third kappa shape index (κ3) is 3.56. The minimum absolute atomic E-state index is 0.166. The molecule has 1 aromatic carbocycles. The van der Waals surface area contributed by atoms with Gasteiger partial charge in [0.15, 0.2) is 0 Å². The zero-order chi connectivity index (χ0) is 15.3. The zero-order valence-electron chi connectivity index (χ0n) is 13.3. The first-order valence-corrected chi connectivity index (χ1v) is 7.78. The summed E-state index contributed by atoms with van der Waals surface area (Å²) in [5, 5.41) is 6.48. The number of piperidine rings is 1. The summed E-state index contributed by atoms with van der Waals surface area (Å²) >= 11 is 0. The summed E-state index contributed by atoms with van der Waals surface area (Å²) in [6.45, 7) is 5.99. The van der Waals surface area contributed by atoms with E-state index >= 15 is 0 Å². The lowest BCUT2D eigenvalue weighted by Crippen LogP contribution is -2.44. The van der Waals surface area contributed by atoms with Crippen LogP contribution >= 0.6 is 0 Å². The van der Waals surface area contributed by atoms with E-state index in [4.69, 9.17) is 4.74 Å². The van der Waals surface area contributed by atoms with Crippen molar-refractivity contribution in [1.82, 2.24) is 5.32 Å². The molecular weight excluding hydrogens is 264 g/mol. The van der Waals surface area contributed by atoms with Crippen LogP contribution in [-0.4, -0.2) is 26.1 Å². The van der Waals surface area contributed by atoms with Gasteiger partial charge in [-0.05, 0) is 63.0 Å². The summed E-state index contributed by atoms with van der Waals surface area (Å²) < 4.78 is 5.21. The maximum Gasteiger partial charge on any atom is 0.230 e. The number of anilines is 1. The Hall–Kier alpha value is -1.55. The second-order valence-electron chi connectivity index (χ2n) is 5.92. The molecule has 0 atom stereocenters. The highest BCUT2D eigenvalue weighted by atomic mass is 16.5. The smallest absolute Gasteiger partial charge is 0.230 e. The quantitative estimate of drug-likeness (QED) is 0.876. The fraction of sp³-hybridized carbons (Fsp3) is 0.588. The van der Waals surface area contributed by atoms with Gasteiger partial charge in [-0.15, -0.1) is 0 Å². The first kappa shape index (κ1) is 15.8. The Morgan fingerprint density at radius 2 is 2.10 bits per heavy atom. The average Bonchev–Trinajstić information content (AvgIpc) is 2.50. The van der Waals surface area contributed by atoms with E-state index in [1.807, 2.05) is 25.1 Å². The molecule has 4 nitrogen and oxygen atoms in total. The van der Waals surface area contributed by atoms with Crippen LogP contribution in [0.1, 0.15) is 38.2 Å². The Morgan fingerprint density at radius 3 is 2.67 bits per heavy atom. The molecule has 0 unspecified atom stereocenters. The molecule has 4 heteroatoms. The number of benzene rings is 1.